The van der Waals surface area contributed by atoms with Crippen LogP contribution in [-0.4, -0.2) is 7.05 Å². The third-order valence-corrected chi connectivity index (χ3v) is 2.31. The molecule has 1 N–H and O–H groups in total. The van der Waals surface area contributed by atoms with E-state index in [2.05, 4.69) is 5.32 Å². The fraction of sp³-hybridized carbons (Fsp3) is 0.231. The van der Waals surface area contributed by atoms with Crippen LogP contribution in [0.3, 0.4) is 0 Å². The van der Waals surface area contributed by atoms with Crippen molar-refractivity contribution in [2.24, 2.45) is 0 Å². The summed E-state index contributed by atoms with van der Waals surface area (Å²) in [7, 11) is 1.89. The molecule has 1 aromatic carbocycles. The van der Waals surface area contributed by atoms with Crippen molar-refractivity contribution in [3.05, 3.63) is 54.0 Å². The van der Waals surface area contributed by atoms with Crippen molar-refractivity contribution in [3.8, 4) is 5.75 Å². The molecule has 16 heavy (non-hydrogen) atoms. The van der Waals surface area contributed by atoms with Crippen molar-refractivity contribution in [2.75, 3.05) is 7.05 Å². The highest BCUT2D eigenvalue weighted by atomic mass is 16.5. The first-order chi connectivity index (χ1) is 7.90. The number of benzene rings is 1. The number of para-hydroxylation sites is 1. The van der Waals surface area contributed by atoms with Crippen LogP contribution in [-0.2, 0) is 13.2 Å². The first kappa shape index (κ1) is 10.8. The zero-order valence-electron chi connectivity index (χ0n) is 9.27. The minimum absolute atomic E-state index is 0.539. The van der Waals surface area contributed by atoms with Gasteiger partial charge in [0.2, 0.25) is 0 Å². The van der Waals surface area contributed by atoms with Crippen LogP contribution in [0.5, 0.6) is 5.75 Å². The second kappa shape index (κ2) is 5.37. The van der Waals surface area contributed by atoms with Gasteiger partial charge in [0.05, 0.1) is 12.8 Å². The second-order valence-electron chi connectivity index (χ2n) is 3.50. The first-order valence-electron chi connectivity index (χ1n) is 5.28. The van der Waals surface area contributed by atoms with Crippen LogP contribution in [0.2, 0.25) is 0 Å². The van der Waals surface area contributed by atoms with E-state index in [1.807, 2.05) is 43.4 Å². The molecule has 0 fully saturated rings. The Morgan fingerprint density at radius 2 is 2.00 bits per heavy atom. The second-order valence-corrected chi connectivity index (χ2v) is 3.50. The molecular weight excluding hydrogens is 202 g/mol. The summed E-state index contributed by atoms with van der Waals surface area (Å²) >= 11 is 0. The van der Waals surface area contributed by atoms with Crippen LogP contribution < -0.4 is 10.1 Å². The highest BCUT2D eigenvalue weighted by Gasteiger charge is 2.05. The van der Waals surface area contributed by atoms with E-state index in [-0.39, 0.29) is 0 Å². The minimum Gasteiger partial charge on any atom is -0.489 e. The Morgan fingerprint density at radius 3 is 2.75 bits per heavy atom. The molecule has 0 saturated carbocycles. The van der Waals surface area contributed by atoms with Crippen molar-refractivity contribution >= 4 is 0 Å². The smallest absolute Gasteiger partial charge is 0.124 e. The largest absolute Gasteiger partial charge is 0.489 e. The van der Waals surface area contributed by atoms with Crippen LogP contribution in [0.4, 0.5) is 0 Å². The van der Waals surface area contributed by atoms with Crippen LogP contribution in [0, 0.1) is 0 Å². The van der Waals surface area contributed by atoms with E-state index in [0.717, 1.165) is 23.6 Å². The number of rotatable bonds is 5. The molecule has 0 unspecified atom stereocenters. The van der Waals surface area contributed by atoms with Crippen LogP contribution >= 0.6 is 0 Å². The zero-order chi connectivity index (χ0) is 11.2. The van der Waals surface area contributed by atoms with Gasteiger partial charge in [0.1, 0.15) is 18.1 Å². The van der Waals surface area contributed by atoms with Crippen LogP contribution in [0.1, 0.15) is 11.3 Å². The number of ether oxygens (including phenoxy) is 1. The Hall–Kier alpha value is -1.74. The van der Waals surface area contributed by atoms with Gasteiger partial charge in [-0.2, -0.15) is 0 Å². The molecule has 0 radical (unpaired) electrons. The Kier molecular flexibility index (Phi) is 3.62. The minimum atomic E-state index is 0.539. The predicted molar refractivity (Wildman–Crippen MR) is 62.2 cm³/mol. The molecule has 1 heterocycles. The Balaban J connectivity index is 1.97. The molecule has 0 bridgehead atoms. The summed E-state index contributed by atoms with van der Waals surface area (Å²) in [5.41, 5.74) is 1.08. The predicted octanol–water partition coefficient (Wildman–Crippen LogP) is 2.58. The van der Waals surface area contributed by atoms with E-state index in [9.17, 15) is 0 Å². The van der Waals surface area contributed by atoms with Crippen molar-refractivity contribution in [1.29, 1.82) is 0 Å². The zero-order valence-corrected chi connectivity index (χ0v) is 9.27. The summed E-state index contributed by atoms with van der Waals surface area (Å²) in [6.45, 7) is 1.26. The van der Waals surface area contributed by atoms with Gasteiger partial charge in [-0.15, -0.1) is 0 Å². The molecule has 0 aliphatic rings. The third kappa shape index (κ3) is 2.64. The fourth-order valence-electron chi connectivity index (χ4n) is 1.49. The van der Waals surface area contributed by atoms with Crippen molar-refractivity contribution in [1.82, 2.24) is 5.32 Å². The van der Waals surface area contributed by atoms with Gasteiger partial charge in [-0.1, -0.05) is 18.2 Å². The van der Waals surface area contributed by atoms with Gasteiger partial charge in [-0.05, 0) is 25.2 Å². The molecule has 0 saturated heterocycles. The van der Waals surface area contributed by atoms with Crippen molar-refractivity contribution < 1.29 is 9.15 Å². The van der Waals surface area contributed by atoms with Gasteiger partial charge in [0, 0.05) is 5.56 Å². The van der Waals surface area contributed by atoms with E-state index in [0.29, 0.717) is 6.61 Å². The summed E-state index contributed by atoms with van der Waals surface area (Å²) in [5.74, 6) is 1.80. The average Bonchev–Trinajstić information content (AvgIpc) is 2.76. The van der Waals surface area contributed by atoms with E-state index in [1.165, 1.54) is 0 Å². The molecule has 3 nitrogen and oxygen atoms in total. The number of hydrogen-bond acceptors (Lipinski definition) is 3. The monoisotopic (exact) mass is 217 g/mol. The molecule has 0 spiro atoms. The maximum atomic E-state index is 5.65. The molecule has 0 atom stereocenters. The molecule has 84 valence electrons. The van der Waals surface area contributed by atoms with Gasteiger partial charge in [0.15, 0.2) is 0 Å². The normalized spacial score (nSPS) is 10.3. The molecule has 0 aliphatic carbocycles. The Morgan fingerprint density at radius 1 is 1.19 bits per heavy atom. The number of nitrogens with one attached hydrogen (secondary N) is 1. The Labute approximate surface area is 95.0 Å². The van der Waals surface area contributed by atoms with Gasteiger partial charge in [-0.25, -0.2) is 0 Å². The topological polar surface area (TPSA) is 34.4 Å². The highest BCUT2D eigenvalue weighted by Crippen LogP contribution is 2.15. The van der Waals surface area contributed by atoms with Gasteiger partial charge >= 0.3 is 0 Å². The number of hydrogen-bond donors (Lipinski definition) is 1. The van der Waals surface area contributed by atoms with Crippen molar-refractivity contribution in [3.63, 3.8) is 0 Å². The summed E-state index contributed by atoms with van der Waals surface area (Å²) in [6, 6.07) is 11.7. The lowest BCUT2D eigenvalue weighted by Gasteiger charge is -2.05. The summed E-state index contributed by atoms with van der Waals surface area (Å²) in [4.78, 5) is 0. The molecule has 0 amide bonds. The van der Waals surface area contributed by atoms with Crippen LogP contribution in [0.15, 0.2) is 47.1 Å². The highest BCUT2D eigenvalue weighted by molar-refractivity contribution is 5.22. The first-order valence-corrected chi connectivity index (χ1v) is 5.28. The van der Waals surface area contributed by atoms with E-state index < -0.39 is 0 Å². The molecule has 1 aromatic heterocycles. The van der Waals surface area contributed by atoms with E-state index in [4.69, 9.17) is 9.15 Å². The lowest BCUT2D eigenvalue weighted by atomic mass is 10.2. The maximum absolute atomic E-state index is 5.65. The standard InChI is InChI=1S/C13H15NO2/c1-14-9-13-11(7-8-15-13)10-16-12-5-3-2-4-6-12/h2-8,14H,9-10H2,1H3. The fourth-order valence-corrected chi connectivity index (χ4v) is 1.49. The summed E-state index contributed by atoms with van der Waals surface area (Å²) in [6.07, 6.45) is 1.69. The SMILES string of the molecule is CNCc1occc1COc1ccccc1. The molecule has 0 aliphatic heterocycles. The quantitative estimate of drug-likeness (QED) is 0.835. The van der Waals surface area contributed by atoms with Crippen molar-refractivity contribution in [2.45, 2.75) is 13.2 Å². The maximum Gasteiger partial charge on any atom is 0.124 e. The Bertz CT molecular complexity index is 423. The summed E-state index contributed by atoms with van der Waals surface area (Å²) in [5, 5.41) is 3.06. The van der Waals surface area contributed by atoms with Crippen LogP contribution in [0.25, 0.3) is 0 Å². The van der Waals surface area contributed by atoms with Gasteiger partial charge in [0.25, 0.3) is 0 Å². The van der Waals surface area contributed by atoms with E-state index >= 15 is 0 Å². The van der Waals surface area contributed by atoms with E-state index in [1.54, 1.807) is 6.26 Å². The molecule has 2 rings (SSSR count). The average molecular weight is 217 g/mol. The molecular formula is C13H15NO2. The van der Waals surface area contributed by atoms with Gasteiger partial charge < -0.3 is 14.5 Å². The third-order valence-electron chi connectivity index (χ3n) is 2.31. The lowest BCUT2D eigenvalue weighted by molar-refractivity contribution is 0.301. The molecule has 3 heteroatoms. The number of furan rings is 1. The molecule has 2 aromatic rings. The lowest BCUT2D eigenvalue weighted by Crippen LogP contribution is -2.07. The summed E-state index contributed by atoms with van der Waals surface area (Å²) < 4.78 is 11.0. The van der Waals surface area contributed by atoms with Gasteiger partial charge in [-0.3, -0.25) is 0 Å².